The number of rotatable bonds is 8. The third-order valence-electron chi connectivity index (χ3n) is 5.34. The molecule has 0 radical (unpaired) electrons. The van der Waals surface area contributed by atoms with Gasteiger partial charge in [-0.2, -0.15) is 0 Å². The van der Waals surface area contributed by atoms with E-state index in [1.165, 1.54) is 0 Å². The van der Waals surface area contributed by atoms with Crippen LogP contribution in [0.1, 0.15) is 37.3 Å². The number of fused-ring (bicyclic) bond motifs is 1. The highest BCUT2D eigenvalue weighted by Crippen LogP contribution is 2.33. The molecule has 1 fully saturated rings. The van der Waals surface area contributed by atoms with Crippen LogP contribution in [0, 0.1) is 5.92 Å². The smallest absolute Gasteiger partial charge is 0.325 e. The lowest BCUT2D eigenvalue weighted by molar-refractivity contribution is -0.146. The first-order valence-corrected chi connectivity index (χ1v) is 9.58. The average molecular weight is 417 g/mol. The number of carboxylic acid groups (broad SMARTS) is 3. The van der Waals surface area contributed by atoms with Crippen LogP contribution in [0.5, 0.6) is 0 Å². The second-order valence-electron chi connectivity index (χ2n) is 7.34. The van der Waals surface area contributed by atoms with Crippen molar-refractivity contribution in [3.05, 3.63) is 30.0 Å². The number of anilines is 1. The molecular formula is C20H23N3O7. The Morgan fingerprint density at radius 2 is 1.80 bits per heavy atom. The van der Waals surface area contributed by atoms with Gasteiger partial charge in [0.15, 0.2) is 0 Å². The molecule has 10 nitrogen and oxygen atoms in total. The Labute approximate surface area is 171 Å². The van der Waals surface area contributed by atoms with Crippen LogP contribution in [0.2, 0.25) is 0 Å². The lowest BCUT2D eigenvalue weighted by Gasteiger charge is -2.34. The minimum absolute atomic E-state index is 0.142. The second-order valence-corrected chi connectivity index (χ2v) is 7.34. The van der Waals surface area contributed by atoms with Crippen molar-refractivity contribution in [2.75, 3.05) is 18.4 Å². The summed E-state index contributed by atoms with van der Waals surface area (Å²) in [6, 6.07) is 4.08. The maximum absolute atomic E-state index is 12.0. The Morgan fingerprint density at radius 3 is 2.40 bits per heavy atom. The van der Waals surface area contributed by atoms with Gasteiger partial charge in [0.05, 0.1) is 12.3 Å². The lowest BCUT2D eigenvalue weighted by Crippen LogP contribution is -2.41. The van der Waals surface area contributed by atoms with Gasteiger partial charge >= 0.3 is 17.9 Å². The van der Waals surface area contributed by atoms with Gasteiger partial charge < -0.3 is 25.6 Å². The molecule has 160 valence electrons. The standard InChI is InChI=1S/C20H23N3O7/c24-16(3-4-17(25)26)22-12-1-2-13-14(10-21-15(13)9-12)18(20(29)30)23-7-5-11(6-8-23)19(27)28/h1-2,9-11,18,21H,3-8H2,(H,22,24)(H,25,26)(H,27,28)(H,29,30)/t18-/m0/s1. The summed E-state index contributed by atoms with van der Waals surface area (Å²) in [5.41, 5.74) is 1.67. The SMILES string of the molecule is O=C(O)CCC(=O)Nc1ccc2c([C@@H](C(=O)O)N3CCC(C(=O)O)CC3)c[nH]c2c1. The molecule has 2 heterocycles. The van der Waals surface area contributed by atoms with E-state index in [2.05, 4.69) is 10.3 Å². The number of carbonyl (C=O) groups is 4. The van der Waals surface area contributed by atoms with E-state index in [0.717, 1.165) is 0 Å². The number of nitrogens with zero attached hydrogens (tertiary/aromatic N) is 1. The van der Waals surface area contributed by atoms with Crippen molar-refractivity contribution >= 4 is 40.4 Å². The average Bonchev–Trinajstić information content (AvgIpc) is 3.09. The number of carbonyl (C=O) groups excluding carboxylic acids is 1. The number of benzene rings is 1. The van der Waals surface area contributed by atoms with Crippen molar-refractivity contribution in [1.29, 1.82) is 0 Å². The largest absolute Gasteiger partial charge is 0.481 e. The van der Waals surface area contributed by atoms with Crippen molar-refractivity contribution < 1.29 is 34.5 Å². The fraction of sp³-hybridized carbons (Fsp3) is 0.400. The number of piperidine rings is 1. The zero-order chi connectivity index (χ0) is 21.8. The molecular weight excluding hydrogens is 394 g/mol. The van der Waals surface area contributed by atoms with Gasteiger partial charge in [-0.05, 0) is 25.0 Å². The quantitative estimate of drug-likeness (QED) is 0.435. The summed E-state index contributed by atoms with van der Waals surface area (Å²) in [5.74, 6) is -3.80. The molecule has 0 aliphatic carbocycles. The number of H-pyrrole nitrogens is 1. The fourth-order valence-corrected chi connectivity index (χ4v) is 3.79. The van der Waals surface area contributed by atoms with E-state index in [1.54, 1.807) is 29.3 Å². The highest BCUT2D eigenvalue weighted by atomic mass is 16.4. The van der Waals surface area contributed by atoms with Crippen molar-refractivity contribution in [3.63, 3.8) is 0 Å². The number of likely N-dealkylation sites (tertiary alicyclic amines) is 1. The number of aromatic amines is 1. The Bertz CT molecular complexity index is 976. The van der Waals surface area contributed by atoms with E-state index in [9.17, 15) is 24.3 Å². The van der Waals surface area contributed by atoms with Crippen molar-refractivity contribution in [3.8, 4) is 0 Å². The van der Waals surface area contributed by atoms with Gasteiger partial charge in [0, 0.05) is 47.9 Å². The highest BCUT2D eigenvalue weighted by Gasteiger charge is 2.34. The molecule has 0 unspecified atom stereocenters. The first-order valence-electron chi connectivity index (χ1n) is 9.58. The predicted octanol–water partition coefficient (Wildman–Crippen LogP) is 1.89. The highest BCUT2D eigenvalue weighted by molar-refractivity contribution is 5.96. The van der Waals surface area contributed by atoms with Gasteiger partial charge in [-0.25, -0.2) is 0 Å². The zero-order valence-electron chi connectivity index (χ0n) is 16.1. The first kappa shape index (κ1) is 21.3. The Kier molecular flexibility index (Phi) is 6.36. The summed E-state index contributed by atoms with van der Waals surface area (Å²) in [6.07, 6.45) is 2.00. The number of aromatic nitrogens is 1. The van der Waals surface area contributed by atoms with Gasteiger partial charge in [-0.15, -0.1) is 0 Å². The molecule has 1 aliphatic rings. The van der Waals surface area contributed by atoms with Gasteiger partial charge in [-0.1, -0.05) is 6.07 Å². The Balaban J connectivity index is 1.78. The molecule has 0 bridgehead atoms. The molecule has 5 N–H and O–H groups in total. The summed E-state index contributed by atoms with van der Waals surface area (Å²) in [4.78, 5) is 50.4. The molecule has 30 heavy (non-hydrogen) atoms. The molecule has 1 saturated heterocycles. The fourth-order valence-electron chi connectivity index (χ4n) is 3.79. The summed E-state index contributed by atoms with van der Waals surface area (Å²) >= 11 is 0. The topological polar surface area (TPSA) is 160 Å². The van der Waals surface area contributed by atoms with Crippen LogP contribution >= 0.6 is 0 Å². The second kappa shape index (κ2) is 8.95. The molecule has 1 aromatic carbocycles. The van der Waals surface area contributed by atoms with Gasteiger partial charge in [-0.3, -0.25) is 24.1 Å². The summed E-state index contributed by atoms with van der Waals surface area (Å²) in [6.45, 7) is 0.747. The molecule has 10 heteroatoms. The van der Waals surface area contributed by atoms with Gasteiger partial charge in [0.1, 0.15) is 6.04 Å². The number of carboxylic acids is 3. The molecule has 1 amide bonds. The van der Waals surface area contributed by atoms with E-state index >= 15 is 0 Å². The Morgan fingerprint density at radius 1 is 1.10 bits per heavy atom. The molecule has 2 aromatic rings. The molecule has 3 rings (SSSR count). The van der Waals surface area contributed by atoms with Crippen LogP contribution in [-0.4, -0.2) is 62.1 Å². The monoisotopic (exact) mass is 417 g/mol. The minimum atomic E-state index is -1.05. The van der Waals surface area contributed by atoms with Crippen LogP contribution in [0.15, 0.2) is 24.4 Å². The van der Waals surface area contributed by atoms with E-state index in [0.29, 0.717) is 48.1 Å². The van der Waals surface area contributed by atoms with Crippen molar-refractivity contribution in [2.45, 2.75) is 31.7 Å². The van der Waals surface area contributed by atoms with Gasteiger partial charge in [0.25, 0.3) is 0 Å². The molecule has 1 atom stereocenters. The third kappa shape index (κ3) is 4.77. The molecule has 1 aromatic heterocycles. The maximum Gasteiger partial charge on any atom is 0.325 e. The van der Waals surface area contributed by atoms with Crippen LogP contribution in [0.25, 0.3) is 10.9 Å². The van der Waals surface area contributed by atoms with Crippen LogP contribution in [-0.2, 0) is 19.2 Å². The van der Waals surface area contributed by atoms with Crippen molar-refractivity contribution in [1.82, 2.24) is 9.88 Å². The van der Waals surface area contributed by atoms with Crippen LogP contribution in [0.3, 0.4) is 0 Å². The third-order valence-corrected chi connectivity index (χ3v) is 5.34. The Hall–Kier alpha value is -3.40. The van der Waals surface area contributed by atoms with Crippen LogP contribution in [0.4, 0.5) is 5.69 Å². The number of hydrogen-bond acceptors (Lipinski definition) is 5. The number of amides is 1. The van der Waals surface area contributed by atoms with Crippen molar-refractivity contribution in [2.24, 2.45) is 5.92 Å². The zero-order valence-corrected chi connectivity index (χ0v) is 16.1. The van der Waals surface area contributed by atoms with E-state index in [1.807, 2.05) is 0 Å². The molecule has 0 saturated carbocycles. The van der Waals surface area contributed by atoms with Crippen LogP contribution < -0.4 is 5.32 Å². The molecule has 1 aliphatic heterocycles. The van der Waals surface area contributed by atoms with Gasteiger partial charge in [0.2, 0.25) is 5.91 Å². The summed E-state index contributed by atoms with van der Waals surface area (Å²) in [5, 5.41) is 30.9. The van der Waals surface area contributed by atoms with E-state index in [-0.39, 0.29) is 12.8 Å². The van der Waals surface area contributed by atoms with E-state index in [4.69, 9.17) is 10.2 Å². The minimum Gasteiger partial charge on any atom is -0.481 e. The summed E-state index contributed by atoms with van der Waals surface area (Å²) in [7, 11) is 0. The maximum atomic E-state index is 12.0. The summed E-state index contributed by atoms with van der Waals surface area (Å²) < 4.78 is 0. The van der Waals surface area contributed by atoms with E-state index < -0.39 is 35.8 Å². The first-order chi connectivity index (χ1) is 14.3. The normalized spacial score (nSPS) is 16.3. The number of hydrogen-bond donors (Lipinski definition) is 5. The number of aliphatic carboxylic acids is 3. The molecule has 0 spiro atoms. The number of nitrogens with one attached hydrogen (secondary N) is 2. The predicted molar refractivity (Wildman–Crippen MR) is 106 cm³/mol. The lowest BCUT2D eigenvalue weighted by atomic mass is 9.94.